The molecule has 0 aliphatic rings. The maximum Gasteiger partial charge on any atom is 0.354 e. The molecule has 0 radical (unpaired) electrons. The van der Waals surface area contributed by atoms with Crippen molar-refractivity contribution in [1.82, 2.24) is 15.0 Å². The van der Waals surface area contributed by atoms with Gasteiger partial charge in [-0.15, -0.1) is 11.3 Å². The Morgan fingerprint density at radius 3 is 2.93 bits per heavy atom. The van der Waals surface area contributed by atoms with Crippen LogP contribution in [0.5, 0.6) is 0 Å². The summed E-state index contributed by atoms with van der Waals surface area (Å²) in [5, 5.41) is 11.0. The molecule has 0 aromatic carbocycles. The van der Waals surface area contributed by atoms with Crippen LogP contribution in [-0.4, -0.2) is 26.0 Å². The number of carboxylic acid groups (broad SMARTS) is 1. The Bertz CT molecular complexity index is 547. The van der Waals surface area contributed by atoms with Gasteiger partial charge in [0.25, 0.3) is 0 Å². The van der Waals surface area contributed by atoms with Crippen molar-refractivity contribution in [2.45, 2.75) is 0 Å². The highest BCUT2D eigenvalue weighted by atomic mass is 32.1. The second kappa shape index (κ2) is 3.62. The third-order valence-electron chi connectivity index (χ3n) is 1.63. The number of H-pyrrole nitrogens is 1. The Morgan fingerprint density at radius 1 is 1.53 bits per heavy atom. The zero-order chi connectivity index (χ0) is 10.8. The summed E-state index contributed by atoms with van der Waals surface area (Å²) in [5.74, 6) is -1.24. The van der Waals surface area contributed by atoms with Gasteiger partial charge < -0.3 is 10.1 Å². The molecule has 2 rings (SSSR count). The van der Waals surface area contributed by atoms with Gasteiger partial charge in [-0.1, -0.05) is 0 Å². The van der Waals surface area contributed by atoms with E-state index in [0.717, 1.165) is 0 Å². The monoisotopic (exact) mass is 223 g/mol. The molecule has 0 fully saturated rings. The van der Waals surface area contributed by atoms with Gasteiger partial charge in [-0.25, -0.2) is 14.6 Å². The first-order valence-corrected chi connectivity index (χ1v) is 4.79. The minimum Gasteiger partial charge on any atom is -0.477 e. The predicted octanol–water partition coefficient (Wildman–Crippen LogP) is 0.592. The Balaban J connectivity index is 2.59. The van der Waals surface area contributed by atoms with E-state index in [-0.39, 0.29) is 5.69 Å². The van der Waals surface area contributed by atoms with E-state index in [1.807, 2.05) is 0 Å². The number of nitrogens with zero attached hydrogens (tertiary/aromatic N) is 2. The number of hydrogen-bond acceptors (Lipinski definition) is 5. The molecule has 0 bridgehead atoms. The van der Waals surface area contributed by atoms with Gasteiger partial charge in [0.2, 0.25) is 0 Å². The normalized spacial score (nSPS) is 10.1. The van der Waals surface area contributed by atoms with Crippen molar-refractivity contribution < 1.29 is 9.90 Å². The van der Waals surface area contributed by atoms with Crippen molar-refractivity contribution >= 4 is 17.3 Å². The van der Waals surface area contributed by atoms with Crippen LogP contribution in [0.4, 0.5) is 0 Å². The summed E-state index contributed by atoms with van der Waals surface area (Å²) >= 11 is 1.30. The number of aromatic nitrogens is 3. The van der Waals surface area contributed by atoms with Crippen LogP contribution in [-0.2, 0) is 0 Å². The lowest BCUT2D eigenvalue weighted by atomic mass is 10.3. The number of hydrogen-bond donors (Lipinski definition) is 2. The number of thiazole rings is 1. The minimum absolute atomic E-state index is 0.288. The van der Waals surface area contributed by atoms with Gasteiger partial charge >= 0.3 is 11.7 Å². The average Bonchev–Trinajstić information content (AvgIpc) is 2.69. The predicted molar refractivity (Wildman–Crippen MR) is 52.9 cm³/mol. The summed E-state index contributed by atoms with van der Waals surface area (Å²) in [6.45, 7) is 0. The van der Waals surface area contributed by atoms with Gasteiger partial charge in [0.15, 0.2) is 5.69 Å². The van der Waals surface area contributed by atoms with Crippen molar-refractivity contribution in [2.24, 2.45) is 0 Å². The third kappa shape index (κ3) is 1.91. The van der Waals surface area contributed by atoms with Crippen LogP contribution in [0.3, 0.4) is 0 Å². The van der Waals surface area contributed by atoms with E-state index in [0.29, 0.717) is 10.7 Å². The van der Waals surface area contributed by atoms with Gasteiger partial charge in [0, 0.05) is 11.6 Å². The molecule has 2 N–H and O–H groups in total. The molecule has 0 spiro atoms. The largest absolute Gasteiger partial charge is 0.477 e. The Morgan fingerprint density at radius 2 is 2.33 bits per heavy atom. The first-order chi connectivity index (χ1) is 7.16. The average molecular weight is 223 g/mol. The zero-order valence-electron chi connectivity index (χ0n) is 7.30. The SMILES string of the molecule is O=C(O)c1cc(-c2nccs2)[nH]c(=O)n1. The molecule has 0 unspecified atom stereocenters. The van der Waals surface area contributed by atoms with E-state index in [2.05, 4.69) is 15.0 Å². The lowest BCUT2D eigenvalue weighted by molar-refractivity contribution is 0.0690. The second-order valence-electron chi connectivity index (χ2n) is 2.63. The van der Waals surface area contributed by atoms with Gasteiger partial charge in [-0.2, -0.15) is 4.98 Å². The summed E-state index contributed by atoms with van der Waals surface area (Å²) in [7, 11) is 0. The fourth-order valence-electron chi connectivity index (χ4n) is 1.04. The summed E-state index contributed by atoms with van der Waals surface area (Å²) in [4.78, 5) is 31.4. The first-order valence-electron chi connectivity index (χ1n) is 3.91. The molecule has 6 nitrogen and oxygen atoms in total. The number of aromatic carboxylic acids is 1. The van der Waals surface area contributed by atoms with E-state index < -0.39 is 11.7 Å². The minimum atomic E-state index is -1.24. The number of nitrogens with one attached hydrogen (secondary N) is 1. The Hall–Kier alpha value is -2.02. The third-order valence-corrected chi connectivity index (χ3v) is 2.43. The van der Waals surface area contributed by atoms with E-state index >= 15 is 0 Å². The standard InChI is InChI=1S/C8H5N3O3S/c12-7(13)5-3-4(10-8(14)11-5)6-9-1-2-15-6/h1-3H,(H,12,13)(H,10,11,14). The molecule has 0 saturated heterocycles. The quantitative estimate of drug-likeness (QED) is 0.776. The second-order valence-corrected chi connectivity index (χ2v) is 3.52. The fraction of sp³-hybridized carbons (Fsp3) is 0. The number of carbonyl (C=O) groups is 1. The van der Waals surface area contributed by atoms with Crippen LogP contribution in [0, 0.1) is 0 Å². The highest BCUT2D eigenvalue weighted by Gasteiger charge is 2.10. The number of rotatable bonds is 2. The number of aromatic amines is 1. The van der Waals surface area contributed by atoms with Crippen LogP contribution in [0.2, 0.25) is 0 Å². The smallest absolute Gasteiger partial charge is 0.354 e. The van der Waals surface area contributed by atoms with E-state index in [9.17, 15) is 9.59 Å². The molecule has 7 heteroatoms. The fourth-order valence-corrected chi connectivity index (χ4v) is 1.65. The molecule has 0 aliphatic carbocycles. The van der Waals surface area contributed by atoms with E-state index in [4.69, 9.17) is 5.11 Å². The summed E-state index contributed by atoms with van der Waals surface area (Å²) in [6.07, 6.45) is 1.57. The molecule has 0 saturated carbocycles. The lowest BCUT2D eigenvalue weighted by Gasteiger charge is -1.97. The molecule has 2 aromatic heterocycles. The van der Waals surface area contributed by atoms with Crippen LogP contribution in [0.25, 0.3) is 10.7 Å². The summed E-state index contributed by atoms with van der Waals surface area (Å²) in [5.41, 5.74) is -0.619. The molecular formula is C8H5N3O3S. The lowest BCUT2D eigenvalue weighted by Crippen LogP contribution is -2.16. The topological polar surface area (TPSA) is 95.9 Å². The van der Waals surface area contributed by atoms with E-state index in [1.54, 1.807) is 11.6 Å². The van der Waals surface area contributed by atoms with Gasteiger partial charge in [0.1, 0.15) is 5.01 Å². The molecule has 0 atom stereocenters. The maximum atomic E-state index is 11.1. The van der Waals surface area contributed by atoms with Crippen molar-refractivity contribution in [3.05, 3.63) is 33.8 Å². The molecule has 0 aliphatic heterocycles. The van der Waals surface area contributed by atoms with Crippen molar-refractivity contribution in [3.8, 4) is 10.7 Å². The summed E-state index contributed by atoms with van der Waals surface area (Å²) in [6, 6.07) is 1.28. The molecular weight excluding hydrogens is 218 g/mol. The Kier molecular flexibility index (Phi) is 2.30. The Labute approximate surface area is 87.3 Å². The van der Waals surface area contributed by atoms with E-state index in [1.165, 1.54) is 17.4 Å². The molecule has 0 amide bonds. The highest BCUT2D eigenvalue weighted by Crippen LogP contribution is 2.18. The molecule has 76 valence electrons. The highest BCUT2D eigenvalue weighted by molar-refractivity contribution is 7.13. The molecule has 2 heterocycles. The molecule has 15 heavy (non-hydrogen) atoms. The van der Waals surface area contributed by atoms with Crippen molar-refractivity contribution in [2.75, 3.05) is 0 Å². The first kappa shape index (κ1) is 9.53. The van der Waals surface area contributed by atoms with Crippen LogP contribution >= 0.6 is 11.3 Å². The summed E-state index contributed by atoms with van der Waals surface area (Å²) < 4.78 is 0. The van der Waals surface area contributed by atoms with Crippen LogP contribution in [0.15, 0.2) is 22.4 Å². The zero-order valence-corrected chi connectivity index (χ0v) is 8.11. The van der Waals surface area contributed by atoms with Gasteiger partial charge in [-0.05, 0) is 6.07 Å². The number of carboxylic acids is 1. The van der Waals surface area contributed by atoms with Gasteiger partial charge in [-0.3, -0.25) is 0 Å². The van der Waals surface area contributed by atoms with Crippen molar-refractivity contribution in [1.29, 1.82) is 0 Å². The van der Waals surface area contributed by atoms with Crippen LogP contribution < -0.4 is 5.69 Å². The maximum absolute atomic E-state index is 11.1. The van der Waals surface area contributed by atoms with Crippen LogP contribution in [0.1, 0.15) is 10.5 Å². The van der Waals surface area contributed by atoms with Gasteiger partial charge in [0.05, 0.1) is 5.69 Å². The van der Waals surface area contributed by atoms with Crippen molar-refractivity contribution in [3.63, 3.8) is 0 Å². The molecule has 2 aromatic rings.